The minimum absolute atomic E-state index is 0.134. The van der Waals surface area contributed by atoms with Gasteiger partial charge in [0.2, 0.25) is 10.0 Å². The van der Waals surface area contributed by atoms with Gasteiger partial charge in [-0.3, -0.25) is 0 Å². The molecule has 1 aromatic heterocycles. The molecule has 126 valence electrons. The lowest BCUT2D eigenvalue weighted by atomic mass is 10.4. The largest absolute Gasteiger partial charge is 0.476 e. The maximum atomic E-state index is 12.6. The van der Waals surface area contributed by atoms with Crippen molar-refractivity contribution in [2.45, 2.75) is 11.7 Å². The lowest BCUT2D eigenvalue weighted by molar-refractivity contribution is 0.0690. The van der Waals surface area contributed by atoms with Crippen LogP contribution in [0, 0.1) is 0 Å². The van der Waals surface area contributed by atoms with Crippen LogP contribution in [-0.4, -0.2) is 78.4 Å². The molecule has 0 aliphatic carbocycles. The van der Waals surface area contributed by atoms with Crippen molar-refractivity contribution in [2.24, 2.45) is 0 Å². The Bertz CT molecular complexity index is 672. The number of carboxylic acids is 1. The fraction of sp³-hybridized carbons (Fsp3) is 0.615. The lowest BCUT2D eigenvalue weighted by Crippen LogP contribution is -2.46. The van der Waals surface area contributed by atoms with E-state index in [1.54, 1.807) is 0 Å². The number of ether oxygens (including phenoxy) is 1. The van der Waals surface area contributed by atoms with Crippen molar-refractivity contribution < 1.29 is 23.1 Å². The molecule has 3 rings (SSSR count). The van der Waals surface area contributed by atoms with Crippen LogP contribution < -0.4 is 4.90 Å². The topological polar surface area (TPSA) is 113 Å². The van der Waals surface area contributed by atoms with Crippen LogP contribution in [-0.2, 0) is 14.8 Å². The van der Waals surface area contributed by atoms with E-state index >= 15 is 0 Å². The second-order valence-electron chi connectivity index (χ2n) is 5.48. The zero-order chi connectivity index (χ0) is 16.4. The summed E-state index contributed by atoms with van der Waals surface area (Å²) in [5, 5.41) is 8.34. The SMILES string of the molecule is O=C(O)c1cnc(N2CCC(S(=O)(=O)N3CCOCC3)C2)cn1. The van der Waals surface area contributed by atoms with Crippen LogP contribution in [0.1, 0.15) is 16.9 Å². The van der Waals surface area contributed by atoms with Gasteiger partial charge >= 0.3 is 5.97 Å². The van der Waals surface area contributed by atoms with Crippen molar-refractivity contribution in [1.29, 1.82) is 0 Å². The van der Waals surface area contributed by atoms with Gasteiger partial charge < -0.3 is 14.7 Å². The van der Waals surface area contributed by atoms with Gasteiger partial charge in [0.05, 0.1) is 30.9 Å². The second-order valence-corrected chi connectivity index (χ2v) is 7.69. The Kier molecular flexibility index (Phi) is 4.46. The quantitative estimate of drug-likeness (QED) is 0.773. The Morgan fingerprint density at radius 2 is 1.96 bits per heavy atom. The van der Waals surface area contributed by atoms with Gasteiger partial charge in [0.15, 0.2) is 5.69 Å². The highest BCUT2D eigenvalue weighted by Gasteiger charge is 2.38. The Morgan fingerprint density at radius 3 is 2.57 bits per heavy atom. The van der Waals surface area contributed by atoms with Gasteiger partial charge in [-0.15, -0.1) is 0 Å². The van der Waals surface area contributed by atoms with E-state index in [0.717, 1.165) is 0 Å². The summed E-state index contributed by atoms with van der Waals surface area (Å²) in [5.41, 5.74) is -0.134. The van der Waals surface area contributed by atoms with Gasteiger partial charge in [0, 0.05) is 26.2 Å². The first-order valence-corrected chi connectivity index (χ1v) is 8.86. The second kappa shape index (κ2) is 6.38. The molecule has 3 heterocycles. The third-order valence-electron chi connectivity index (χ3n) is 4.08. The molecule has 0 saturated carbocycles. The number of sulfonamides is 1. The molecule has 1 unspecified atom stereocenters. The molecule has 2 aliphatic heterocycles. The maximum Gasteiger partial charge on any atom is 0.356 e. The number of anilines is 1. The lowest BCUT2D eigenvalue weighted by Gasteiger charge is -2.28. The van der Waals surface area contributed by atoms with Crippen molar-refractivity contribution >= 4 is 21.8 Å². The van der Waals surface area contributed by atoms with Crippen molar-refractivity contribution in [3.63, 3.8) is 0 Å². The molecule has 0 radical (unpaired) electrons. The van der Waals surface area contributed by atoms with Crippen LogP contribution in [0.15, 0.2) is 12.4 Å². The van der Waals surface area contributed by atoms with Crippen LogP contribution in [0.25, 0.3) is 0 Å². The van der Waals surface area contributed by atoms with Gasteiger partial charge in [-0.1, -0.05) is 0 Å². The van der Waals surface area contributed by atoms with Gasteiger partial charge in [-0.25, -0.2) is 23.2 Å². The Morgan fingerprint density at radius 1 is 1.22 bits per heavy atom. The normalized spacial score (nSPS) is 23.1. The third kappa shape index (κ3) is 3.28. The van der Waals surface area contributed by atoms with E-state index in [1.165, 1.54) is 16.7 Å². The molecule has 0 spiro atoms. The smallest absolute Gasteiger partial charge is 0.356 e. The molecular formula is C13H18N4O5S. The molecule has 10 heteroatoms. The summed E-state index contributed by atoms with van der Waals surface area (Å²) in [4.78, 5) is 20.5. The number of hydrogen-bond acceptors (Lipinski definition) is 7. The number of hydrogen-bond donors (Lipinski definition) is 1. The summed E-state index contributed by atoms with van der Waals surface area (Å²) in [6.45, 7) is 2.53. The summed E-state index contributed by atoms with van der Waals surface area (Å²) >= 11 is 0. The van der Waals surface area contributed by atoms with Crippen molar-refractivity contribution in [3.05, 3.63) is 18.1 Å². The van der Waals surface area contributed by atoms with Gasteiger partial charge in [0.25, 0.3) is 0 Å². The first kappa shape index (κ1) is 16.1. The molecule has 0 bridgehead atoms. The standard InChI is InChI=1S/C13H18N4O5S/c18-13(19)11-7-15-12(8-14-11)16-2-1-10(9-16)23(20,21)17-3-5-22-6-4-17/h7-8,10H,1-6,9H2,(H,18,19). The summed E-state index contributed by atoms with van der Waals surface area (Å²) in [5.74, 6) is -0.645. The monoisotopic (exact) mass is 342 g/mol. The minimum atomic E-state index is -3.35. The van der Waals surface area contributed by atoms with Crippen LogP contribution in [0.3, 0.4) is 0 Å². The van der Waals surface area contributed by atoms with Crippen LogP contribution >= 0.6 is 0 Å². The van der Waals surface area contributed by atoms with E-state index in [1.807, 2.05) is 4.90 Å². The molecule has 2 fully saturated rings. The molecular weight excluding hydrogens is 324 g/mol. The Balaban J connectivity index is 1.69. The predicted octanol–water partition coefficient (Wildman–Crippen LogP) is -0.584. The molecule has 1 atom stereocenters. The molecule has 1 N–H and O–H groups in total. The van der Waals surface area contributed by atoms with Crippen LogP contribution in [0.5, 0.6) is 0 Å². The van der Waals surface area contributed by atoms with Crippen molar-refractivity contribution in [3.8, 4) is 0 Å². The number of rotatable bonds is 4. The van der Waals surface area contributed by atoms with Gasteiger partial charge in [-0.05, 0) is 6.42 Å². The first-order valence-electron chi connectivity index (χ1n) is 7.35. The molecule has 0 amide bonds. The van der Waals surface area contributed by atoms with Gasteiger partial charge in [0.1, 0.15) is 5.82 Å². The fourth-order valence-electron chi connectivity index (χ4n) is 2.79. The fourth-order valence-corrected chi connectivity index (χ4v) is 4.64. The molecule has 2 aliphatic rings. The molecule has 23 heavy (non-hydrogen) atoms. The van der Waals surface area contributed by atoms with Crippen molar-refractivity contribution in [1.82, 2.24) is 14.3 Å². The number of nitrogens with zero attached hydrogens (tertiary/aromatic N) is 4. The molecule has 0 aromatic carbocycles. The minimum Gasteiger partial charge on any atom is -0.476 e. The van der Waals surface area contributed by atoms with E-state index in [9.17, 15) is 13.2 Å². The number of aromatic nitrogens is 2. The van der Waals surface area contributed by atoms with E-state index in [2.05, 4.69) is 9.97 Å². The van der Waals surface area contributed by atoms with E-state index in [4.69, 9.17) is 9.84 Å². The Labute approximate surface area is 133 Å². The predicted molar refractivity (Wildman–Crippen MR) is 80.9 cm³/mol. The molecule has 1 aromatic rings. The number of aromatic carboxylic acids is 1. The summed E-state index contributed by atoms with van der Waals surface area (Å²) < 4.78 is 32.0. The zero-order valence-corrected chi connectivity index (χ0v) is 13.3. The van der Waals surface area contributed by atoms with Crippen molar-refractivity contribution in [2.75, 3.05) is 44.3 Å². The zero-order valence-electron chi connectivity index (χ0n) is 12.5. The number of morpholine rings is 1. The highest BCUT2D eigenvalue weighted by Crippen LogP contribution is 2.24. The summed E-state index contributed by atoms with van der Waals surface area (Å²) in [7, 11) is -3.35. The number of carboxylic acid groups (broad SMARTS) is 1. The summed E-state index contributed by atoms with van der Waals surface area (Å²) in [6.07, 6.45) is 3.07. The van der Waals surface area contributed by atoms with Crippen LogP contribution in [0.2, 0.25) is 0 Å². The van der Waals surface area contributed by atoms with Gasteiger partial charge in [-0.2, -0.15) is 4.31 Å². The van der Waals surface area contributed by atoms with Crippen LogP contribution in [0.4, 0.5) is 5.82 Å². The highest BCUT2D eigenvalue weighted by atomic mass is 32.2. The molecule has 2 saturated heterocycles. The highest BCUT2D eigenvalue weighted by molar-refractivity contribution is 7.89. The first-order chi connectivity index (χ1) is 11.0. The van der Waals surface area contributed by atoms with E-state index in [-0.39, 0.29) is 5.69 Å². The van der Waals surface area contributed by atoms with E-state index < -0.39 is 21.2 Å². The van der Waals surface area contributed by atoms with E-state index in [0.29, 0.717) is 51.6 Å². The number of carbonyl (C=O) groups is 1. The Hall–Kier alpha value is -1.78. The summed E-state index contributed by atoms with van der Waals surface area (Å²) in [6, 6.07) is 0. The maximum absolute atomic E-state index is 12.6. The average Bonchev–Trinajstić information content (AvgIpc) is 3.06. The third-order valence-corrected chi connectivity index (χ3v) is 6.39. The molecule has 9 nitrogen and oxygen atoms in total. The average molecular weight is 342 g/mol.